The summed E-state index contributed by atoms with van der Waals surface area (Å²) in [5, 5.41) is 9.03. The molecule has 6 heteroatoms. The lowest BCUT2D eigenvalue weighted by Crippen LogP contribution is -2.41. The SMILES string of the molecule is CC1(C)OB(C(=Cc2ccc(CO)cc2F)CS)OC1(C)C. The fourth-order valence-corrected chi connectivity index (χ4v) is 2.41. The Bertz CT molecular complexity index is 571. The van der Waals surface area contributed by atoms with Gasteiger partial charge < -0.3 is 14.4 Å². The van der Waals surface area contributed by atoms with Gasteiger partial charge in [-0.15, -0.1) is 0 Å². The van der Waals surface area contributed by atoms with Gasteiger partial charge in [-0.05, 0) is 44.8 Å². The van der Waals surface area contributed by atoms with Crippen molar-refractivity contribution < 1.29 is 18.8 Å². The predicted octanol–water partition coefficient (Wildman–Crippen LogP) is 3.26. The molecule has 1 aliphatic heterocycles. The molecule has 1 aromatic rings. The van der Waals surface area contributed by atoms with Crippen LogP contribution in [0.15, 0.2) is 23.7 Å². The van der Waals surface area contributed by atoms with E-state index in [4.69, 9.17) is 14.4 Å². The summed E-state index contributed by atoms with van der Waals surface area (Å²) < 4.78 is 26.0. The van der Waals surface area contributed by atoms with Gasteiger partial charge in [0.1, 0.15) is 5.82 Å². The van der Waals surface area contributed by atoms with Gasteiger partial charge in [-0.3, -0.25) is 0 Å². The zero-order valence-electron chi connectivity index (χ0n) is 13.4. The van der Waals surface area contributed by atoms with Crippen LogP contribution >= 0.6 is 12.6 Å². The van der Waals surface area contributed by atoms with Crippen molar-refractivity contribution in [1.29, 1.82) is 0 Å². The molecule has 1 heterocycles. The van der Waals surface area contributed by atoms with Gasteiger partial charge in [0.05, 0.1) is 17.8 Å². The van der Waals surface area contributed by atoms with Gasteiger partial charge in [0.2, 0.25) is 0 Å². The summed E-state index contributed by atoms with van der Waals surface area (Å²) in [6.45, 7) is 7.70. The Balaban J connectivity index is 2.29. The summed E-state index contributed by atoms with van der Waals surface area (Å²) >= 11 is 4.32. The average molecular weight is 324 g/mol. The molecule has 0 saturated carbocycles. The average Bonchev–Trinajstić information content (AvgIpc) is 2.65. The monoisotopic (exact) mass is 324 g/mol. The molecule has 1 fully saturated rings. The second kappa shape index (κ2) is 6.36. The van der Waals surface area contributed by atoms with Crippen molar-refractivity contribution in [2.24, 2.45) is 0 Å². The molecule has 0 amide bonds. The summed E-state index contributed by atoms with van der Waals surface area (Å²) in [4.78, 5) is 0. The molecule has 1 aromatic carbocycles. The minimum absolute atomic E-state index is 0.183. The topological polar surface area (TPSA) is 38.7 Å². The second-order valence-electron chi connectivity index (χ2n) is 6.48. The van der Waals surface area contributed by atoms with E-state index >= 15 is 0 Å². The zero-order valence-corrected chi connectivity index (χ0v) is 14.3. The summed E-state index contributed by atoms with van der Waals surface area (Å²) in [7, 11) is -0.542. The van der Waals surface area contributed by atoms with Crippen molar-refractivity contribution in [2.45, 2.75) is 45.5 Å². The predicted molar refractivity (Wildman–Crippen MR) is 90.2 cm³/mol. The highest BCUT2D eigenvalue weighted by atomic mass is 32.1. The van der Waals surface area contributed by atoms with Gasteiger partial charge in [-0.1, -0.05) is 18.2 Å². The number of aliphatic hydroxyl groups is 1. The molecule has 1 N–H and O–H groups in total. The van der Waals surface area contributed by atoms with Crippen LogP contribution in [0.2, 0.25) is 0 Å². The third-order valence-electron chi connectivity index (χ3n) is 4.33. The van der Waals surface area contributed by atoms with E-state index in [0.717, 1.165) is 5.47 Å². The van der Waals surface area contributed by atoms with Gasteiger partial charge in [-0.25, -0.2) is 4.39 Å². The Morgan fingerprint density at radius 1 is 1.27 bits per heavy atom. The van der Waals surface area contributed by atoms with Gasteiger partial charge >= 0.3 is 7.12 Å². The fraction of sp³-hybridized carbons (Fsp3) is 0.500. The Morgan fingerprint density at radius 3 is 2.32 bits per heavy atom. The maximum Gasteiger partial charge on any atom is 0.491 e. The minimum Gasteiger partial charge on any atom is -0.400 e. The highest BCUT2D eigenvalue weighted by Gasteiger charge is 2.52. The molecule has 1 aliphatic rings. The normalized spacial score (nSPS) is 20.5. The van der Waals surface area contributed by atoms with E-state index in [2.05, 4.69) is 12.6 Å². The highest BCUT2D eigenvalue weighted by molar-refractivity contribution is 7.80. The molecular formula is C16H22BFO3S. The molecule has 1 saturated heterocycles. The van der Waals surface area contributed by atoms with Crippen molar-refractivity contribution in [1.82, 2.24) is 0 Å². The molecule has 0 atom stereocenters. The van der Waals surface area contributed by atoms with Crippen LogP contribution in [0.1, 0.15) is 38.8 Å². The zero-order chi connectivity index (χ0) is 16.5. The Hall–Kier alpha value is -0.815. The maximum atomic E-state index is 14.1. The summed E-state index contributed by atoms with van der Waals surface area (Å²) in [5.74, 6) is 0.0141. The summed E-state index contributed by atoms with van der Waals surface area (Å²) in [6, 6.07) is 4.65. The molecule has 0 bridgehead atoms. The van der Waals surface area contributed by atoms with Crippen molar-refractivity contribution in [3.8, 4) is 0 Å². The molecule has 120 valence electrons. The molecule has 0 aromatic heterocycles. The number of thiol groups is 1. The number of aliphatic hydroxyl groups excluding tert-OH is 1. The van der Waals surface area contributed by atoms with Gasteiger partial charge in [0.25, 0.3) is 0 Å². The third-order valence-corrected chi connectivity index (χ3v) is 4.69. The van der Waals surface area contributed by atoms with Crippen LogP contribution in [0.25, 0.3) is 6.08 Å². The van der Waals surface area contributed by atoms with Crippen LogP contribution in [0, 0.1) is 5.82 Å². The van der Waals surface area contributed by atoms with E-state index in [-0.39, 0.29) is 12.4 Å². The molecule has 0 unspecified atom stereocenters. The second-order valence-corrected chi connectivity index (χ2v) is 6.80. The lowest BCUT2D eigenvalue weighted by atomic mass is 9.78. The maximum absolute atomic E-state index is 14.1. The summed E-state index contributed by atoms with van der Waals surface area (Å²) in [5.41, 5.74) is 0.837. The van der Waals surface area contributed by atoms with E-state index in [1.54, 1.807) is 18.2 Å². The van der Waals surface area contributed by atoms with Gasteiger partial charge in [0.15, 0.2) is 0 Å². The van der Waals surface area contributed by atoms with Gasteiger partial charge in [0, 0.05) is 11.3 Å². The first-order valence-electron chi connectivity index (χ1n) is 7.26. The van der Waals surface area contributed by atoms with Crippen LogP contribution in [0.3, 0.4) is 0 Å². The Morgan fingerprint density at radius 2 is 1.86 bits per heavy atom. The third kappa shape index (κ3) is 3.40. The van der Waals surface area contributed by atoms with E-state index in [1.807, 2.05) is 27.7 Å². The van der Waals surface area contributed by atoms with Crippen LogP contribution in [-0.4, -0.2) is 29.2 Å². The van der Waals surface area contributed by atoms with Crippen LogP contribution in [0.5, 0.6) is 0 Å². The van der Waals surface area contributed by atoms with Crippen molar-refractivity contribution in [3.05, 3.63) is 40.6 Å². The van der Waals surface area contributed by atoms with Crippen LogP contribution in [0.4, 0.5) is 4.39 Å². The fourth-order valence-electron chi connectivity index (χ4n) is 2.17. The summed E-state index contributed by atoms with van der Waals surface area (Å²) in [6.07, 6.45) is 1.70. The molecule has 3 nitrogen and oxygen atoms in total. The first kappa shape index (κ1) is 17.5. The molecule has 0 aliphatic carbocycles. The van der Waals surface area contributed by atoms with Crippen molar-refractivity contribution in [2.75, 3.05) is 5.75 Å². The van der Waals surface area contributed by atoms with Crippen LogP contribution < -0.4 is 0 Å². The first-order chi connectivity index (χ1) is 10.2. The molecule has 22 heavy (non-hydrogen) atoms. The van der Waals surface area contributed by atoms with Crippen LogP contribution in [-0.2, 0) is 15.9 Å². The van der Waals surface area contributed by atoms with E-state index < -0.39 is 18.3 Å². The first-order valence-corrected chi connectivity index (χ1v) is 7.89. The molecule has 2 rings (SSSR count). The number of halogens is 1. The largest absolute Gasteiger partial charge is 0.491 e. The molecular weight excluding hydrogens is 302 g/mol. The van der Waals surface area contributed by atoms with Crippen molar-refractivity contribution >= 4 is 25.8 Å². The minimum atomic E-state index is -0.542. The quantitative estimate of drug-likeness (QED) is 0.660. The standard InChI is InChI=1S/C16H22BFO3S/c1-15(2)16(3,4)21-17(20-15)13(10-22)8-12-6-5-11(9-19)7-14(12)18/h5-8,19,22H,9-10H2,1-4H3. The van der Waals surface area contributed by atoms with E-state index in [0.29, 0.717) is 16.9 Å². The van der Waals surface area contributed by atoms with Gasteiger partial charge in [-0.2, -0.15) is 12.6 Å². The number of rotatable bonds is 4. The smallest absolute Gasteiger partial charge is 0.400 e. The Labute approximate surface area is 137 Å². The van der Waals surface area contributed by atoms with Crippen molar-refractivity contribution in [3.63, 3.8) is 0 Å². The highest BCUT2D eigenvalue weighted by Crippen LogP contribution is 2.39. The number of benzene rings is 1. The lowest BCUT2D eigenvalue weighted by molar-refractivity contribution is 0.00578. The molecule has 0 radical (unpaired) electrons. The lowest BCUT2D eigenvalue weighted by Gasteiger charge is -2.32. The Kier molecular flexibility index (Phi) is 5.07. The van der Waals surface area contributed by atoms with E-state index in [1.165, 1.54) is 6.07 Å². The van der Waals surface area contributed by atoms with E-state index in [9.17, 15) is 4.39 Å². The number of hydrogen-bond acceptors (Lipinski definition) is 4. The molecule has 0 spiro atoms. The number of hydrogen-bond donors (Lipinski definition) is 2.